The van der Waals surface area contributed by atoms with Gasteiger partial charge in [0.15, 0.2) is 0 Å². The van der Waals surface area contributed by atoms with Crippen molar-refractivity contribution >= 4 is 15.9 Å². The lowest BCUT2D eigenvalue weighted by atomic mass is 9.69. The molecule has 0 aliphatic rings. The van der Waals surface area contributed by atoms with Crippen LogP contribution in [0.5, 0.6) is 0 Å². The van der Waals surface area contributed by atoms with Crippen LogP contribution < -0.4 is 0 Å². The normalized spacial score (nSPS) is 16.0. The van der Waals surface area contributed by atoms with Crippen molar-refractivity contribution < 1.29 is 0 Å². The minimum absolute atomic E-state index is 0.257. The fraction of sp³-hybridized carbons (Fsp3) is 0.458. The minimum Gasteiger partial charge on any atom is -0.297 e. The zero-order valence-corrected chi connectivity index (χ0v) is 18.7. The molecule has 3 atom stereocenters. The quantitative estimate of drug-likeness (QED) is 0.467. The monoisotopic (exact) mass is 426 g/mol. The predicted molar refractivity (Wildman–Crippen MR) is 118 cm³/mol. The Labute approximate surface area is 173 Å². The molecule has 0 heterocycles. The molecule has 0 aliphatic heterocycles. The number of hydrogen-bond donors (Lipinski definition) is 0. The van der Waals surface area contributed by atoms with E-state index in [0.717, 1.165) is 22.9 Å². The van der Waals surface area contributed by atoms with Crippen molar-refractivity contribution in [3.8, 4) is 6.07 Å². The largest absolute Gasteiger partial charge is 0.297 e. The Morgan fingerprint density at radius 1 is 1.00 bits per heavy atom. The lowest BCUT2D eigenvalue weighted by Gasteiger charge is -2.36. The molecule has 144 valence electrons. The van der Waals surface area contributed by atoms with Crippen LogP contribution in [0.25, 0.3) is 0 Å². The first-order chi connectivity index (χ1) is 12.8. The molecule has 0 spiro atoms. The van der Waals surface area contributed by atoms with Gasteiger partial charge >= 0.3 is 0 Å². The van der Waals surface area contributed by atoms with Crippen LogP contribution in [0.3, 0.4) is 0 Å². The molecule has 0 saturated carbocycles. The highest BCUT2D eigenvalue weighted by Crippen LogP contribution is 2.38. The second kappa shape index (κ2) is 9.53. The van der Waals surface area contributed by atoms with Crippen molar-refractivity contribution in [1.82, 2.24) is 4.90 Å². The maximum Gasteiger partial charge on any atom is 0.0845 e. The van der Waals surface area contributed by atoms with Gasteiger partial charge in [-0.25, -0.2) is 0 Å². The van der Waals surface area contributed by atoms with Crippen LogP contribution >= 0.6 is 15.9 Å². The summed E-state index contributed by atoms with van der Waals surface area (Å²) in [6.45, 7) is 8.84. The molecular weight excluding hydrogens is 396 g/mol. The van der Waals surface area contributed by atoms with Crippen LogP contribution in [0.4, 0.5) is 0 Å². The van der Waals surface area contributed by atoms with Crippen molar-refractivity contribution in [2.24, 2.45) is 5.92 Å². The van der Waals surface area contributed by atoms with Gasteiger partial charge < -0.3 is 0 Å². The van der Waals surface area contributed by atoms with E-state index in [4.69, 9.17) is 0 Å². The number of benzene rings is 2. The molecule has 0 amide bonds. The molecule has 0 saturated heterocycles. The molecule has 0 aromatic heterocycles. The first kappa shape index (κ1) is 21.7. The van der Waals surface area contributed by atoms with Gasteiger partial charge in [-0.15, -0.1) is 0 Å². The van der Waals surface area contributed by atoms with Crippen molar-refractivity contribution in [2.75, 3.05) is 7.05 Å². The number of halogens is 1. The third-order valence-corrected chi connectivity index (χ3v) is 6.62. The Balaban J connectivity index is 2.14. The van der Waals surface area contributed by atoms with Gasteiger partial charge in [-0.05, 0) is 62.9 Å². The summed E-state index contributed by atoms with van der Waals surface area (Å²) < 4.78 is 1.05. The Kier molecular flexibility index (Phi) is 7.65. The topological polar surface area (TPSA) is 27.0 Å². The second-order valence-electron chi connectivity index (χ2n) is 7.88. The van der Waals surface area contributed by atoms with Crippen LogP contribution in [0, 0.1) is 17.2 Å². The first-order valence-corrected chi connectivity index (χ1v) is 10.5. The van der Waals surface area contributed by atoms with E-state index in [0.29, 0.717) is 12.1 Å². The van der Waals surface area contributed by atoms with Crippen LogP contribution in [0.1, 0.15) is 57.7 Å². The Morgan fingerprint density at radius 2 is 1.59 bits per heavy atom. The third kappa shape index (κ3) is 5.00. The summed E-state index contributed by atoms with van der Waals surface area (Å²) >= 11 is 3.50. The van der Waals surface area contributed by atoms with E-state index in [-0.39, 0.29) is 5.92 Å². The summed E-state index contributed by atoms with van der Waals surface area (Å²) in [6, 6.07) is 22.3. The SMILES string of the molecule is CC(CCC(C#N)(c1ccc(Br)cc1)C(C)C)N(C)C(C)c1ccccc1. The fourth-order valence-electron chi connectivity index (χ4n) is 3.75. The molecule has 0 aliphatic carbocycles. The molecule has 2 rings (SSSR count). The number of rotatable bonds is 8. The molecule has 0 bridgehead atoms. The Morgan fingerprint density at radius 3 is 2.11 bits per heavy atom. The number of nitriles is 1. The molecule has 2 aromatic carbocycles. The van der Waals surface area contributed by atoms with Crippen LogP contribution in [-0.4, -0.2) is 18.0 Å². The molecular formula is C24H31BrN2. The molecule has 2 aromatic rings. The van der Waals surface area contributed by atoms with E-state index < -0.39 is 5.41 Å². The number of hydrogen-bond acceptors (Lipinski definition) is 2. The van der Waals surface area contributed by atoms with E-state index in [1.54, 1.807) is 0 Å². The van der Waals surface area contributed by atoms with E-state index in [1.807, 2.05) is 12.1 Å². The van der Waals surface area contributed by atoms with Gasteiger partial charge in [-0.1, -0.05) is 72.2 Å². The molecule has 0 fully saturated rings. The fourth-order valence-corrected chi connectivity index (χ4v) is 4.02. The van der Waals surface area contributed by atoms with Gasteiger partial charge in [0.05, 0.1) is 11.5 Å². The van der Waals surface area contributed by atoms with E-state index in [9.17, 15) is 5.26 Å². The minimum atomic E-state index is -0.453. The van der Waals surface area contributed by atoms with Gasteiger partial charge in [0, 0.05) is 16.6 Å². The van der Waals surface area contributed by atoms with Crippen LogP contribution in [0.15, 0.2) is 59.1 Å². The zero-order chi connectivity index (χ0) is 20.0. The highest BCUT2D eigenvalue weighted by Gasteiger charge is 2.36. The Hall–Kier alpha value is -1.63. The maximum absolute atomic E-state index is 10.1. The molecule has 3 heteroatoms. The van der Waals surface area contributed by atoms with Gasteiger partial charge in [0.1, 0.15) is 0 Å². The lowest BCUT2D eigenvalue weighted by molar-refractivity contribution is 0.175. The zero-order valence-electron chi connectivity index (χ0n) is 17.1. The lowest BCUT2D eigenvalue weighted by Crippen LogP contribution is -2.36. The summed E-state index contributed by atoms with van der Waals surface area (Å²) in [5, 5.41) is 10.1. The molecule has 27 heavy (non-hydrogen) atoms. The summed E-state index contributed by atoms with van der Waals surface area (Å²) in [6.07, 6.45) is 1.84. The van der Waals surface area contributed by atoms with E-state index >= 15 is 0 Å². The molecule has 0 radical (unpaired) electrons. The summed E-state index contributed by atoms with van der Waals surface area (Å²) in [7, 11) is 2.19. The average molecular weight is 427 g/mol. The van der Waals surface area contributed by atoms with Crippen molar-refractivity contribution in [3.05, 3.63) is 70.2 Å². The summed E-state index contributed by atoms with van der Waals surface area (Å²) in [5.41, 5.74) is 2.00. The smallest absolute Gasteiger partial charge is 0.0845 e. The van der Waals surface area contributed by atoms with Crippen LogP contribution in [0.2, 0.25) is 0 Å². The average Bonchev–Trinajstić information content (AvgIpc) is 2.69. The first-order valence-electron chi connectivity index (χ1n) is 9.76. The molecule has 2 nitrogen and oxygen atoms in total. The van der Waals surface area contributed by atoms with Gasteiger partial charge in [-0.2, -0.15) is 5.26 Å². The highest BCUT2D eigenvalue weighted by molar-refractivity contribution is 9.10. The van der Waals surface area contributed by atoms with Crippen LogP contribution in [-0.2, 0) is 5.41 Å². The molecule has 0 N–H and O–H groups in total. The van der Waals surface area contributed by atoms with E-state index in [1.165, 1.54) is 5.56 Å². The standard InChI is InChI=1S/C24H31BrN2/c1-18(2)24(17-26,22-11-13-23(25)14-12-22)16-15-19(3)27(5)20(4)21-9-7-6-8-10-21/h6-14,18-20H,15-16H2,1-5H3. The predicted octanol–water partition coefficient (Wildman–Crippen LogP) is 6.73. The van der Waals surface area contributed by atoms with Gasteiger partial charge in [0.2, 0.25) is 0 Å². The van der Waals surface area contributed by atoms with Crippen molar-refractivity contribution in [1.29, 1.82) is 5.26 Å². The highest BCUT2D eigenvalue weighted by atomic mass is 79.9. The second-order valence-corrected chi connectivity index (χ2v) is 8.80. The van der Waals surface area contributed by atoms with Gasteiger partial charge in [-0.3, -0.25) is 4.90 Å². The third-order valence-electron chi connectivity index (χ3n) is 6.09. The van der Waals surface area contributed by atoms with E-state index in [2.05, 4.69) is 104 Å². The number of nitrogens with zero attached hydrogens (tertiary/aromatic N) is 2. The van der Waals surface area contributed by atoms with Gasteiger partial charge in [0.25, 0.3) is 0 Å². The maximum atomic E-state index is 10.1. The van der Waals surface area contributed by atoms with Crippen molar-refractivity contribution in [3.63, 3.8) is 0 Å². The summed E-state index contributed by atoms with van der Waals surface area (Å²) in [4.78, 5) is 2.42. The Bertz CT molecular complexity index is 748. The summed E-state index contributed by atoms with van der Waals surface area (Å²) in [5.74, 6) is 0.257. The molecule has 3 unspecified atom stereocenters. The van der Waals surface area contributed by atoms with Crippen molar-refractivity contribution in [2.45, 2.75) is 58.0 Å².